The number of aryl methyl sites for hydroxylation is 2. The van der Waals surface area contributed by atoms with E-state index >= 15 is 0 Å². The van der Waals surface area contributed by atoms with Crippen LogP contribution in [0.15, 0.2) is 78.9 Å². The molecule has 0 atom stereocenters. The smallest absolute Gasteiger partial charge is 0.253 e. The zero-order valence-corrected chi connectivity index (χ0v) is 19.8. The molecule has 34 heavy (non-hydrogen) atoms. The number of carbonyl (C=O) groups is 1. The second-order valence-electron chi connectivity index (χ2n) is 9.17. The molecule has 1 aliphatic heterocycles. The van der Waals surface area contributed by atoms with Gasteiger partial charge >= 0.3 is 0 Å². The summed E-state index contributed by atoms with van der Waals surface area (Å²) in [5, 5.41) is 4.56. The summed E-state index contributed by atoms with van der Waals surface area (Å²) >= 11 is 0. The van der Waals surface area contributed by atoms with Crippen LogP contribution in [-0.2, 0) is 6.42 Å². The van der Waals surface area contributed by atoms with Gasteiger partial charge in [-0.1, -0.05) is 42.5 Å². The SMILES string of the molecule is Cc1cc(C)n(-c2cccc(C(=O)N3CCC(c4cccc(Cc5ccccc5)n4)CC3)c2)n1. The van der Waals surface area contributed by atoms with E-state index in [1.807, 2.05) is 59.8 Å². The van der Waals surface area contributed by atoms with Crippen LogP contribution in [0.4, 0.5) is 0 Å². The third-order valence-corrected chi connectivity index (χ3v) is 6.60. The summed E-state index contributed by atoms with van der Waals surface area (Å²) in [6.07, 6.45) is 2.72. The van der Waals surface area contributed by atoms with Crippen LogP contribution in [0, 0.1) is 13.8 Å². The van der Waals surface area contributed by atoms with Crippen LogP contribution in [0.3, 0.4) is 0 Å². The summed E-state index contributed by atoms with van der Waals surface area (Å²) in [5.41, 5.74) is 7.19. The fourth-order valence-electron chi connectivity index (χ4n) is 4.85. The van der Waals surface area contributed by atoms with Gasteiger partial charge < -0.3 is 4.90 Å². The van der Waals surface area contributed by atoms with E-state index in [0.29, 0.717) is 11.5 Å². The number of aromatic nitrogens is 3. The van der Waals surface area contributed by atoms with Gasteiger partial charge in [-0.3, -0.25) is 9.78 Å². The molecule has 0 aliphatic carbocycles. The number of hydrogen-bond acceptors (Lipinski definition) is 3. The van der Waals surface area contributed by atoms with Crippen LogP contribution in [0.2, 0.25) is 0 Å². The third-order valence-electron chi connectivity index (χ3n) is 6.60. The van der Waals surface area contributed by atoms with Crippen LogP contribution >= 0.6 is 0 Å². The highest BCUT2D eigenvalue weighted by atomic mass is 16.2. The molecule has 2 aromatic heterocycles. The molecule has 0 bridgehead atoms. The number of piperidine rings is 1. The molecule has 5 heteroatoms. The highest BCUT2D eigenvalue weighted by Crippen LogP contribution is 2.28. The van der Waals surface area contributed by atoms with Crippen molar-refractivity contribution < 1.29 is 4.79 Å². The molecule has 1 fully saturated rings. The summed E-state index contributed by atoms with van der Waals surface area (Å²) in [6, 6.07) is 26.6. The van der Waals surface area contributed by atoms with Gasteiger partial charge in [-0.25, -0.2) is 4.68 Å². The zero-order valence-electron chi connectivity index (χ0n) is 19.8. The minimum absolute atomic E-state index is 0.0904. The summed E-state index contributed by atoms with van der Waals surface area (Å²) < 4.78 is 1.90. The third kappa shape index (κ3) is 4.79. The summed E-state index contributed by atoms with van der Waals surface area (Å²) in [4.78, 5) is 20.2. The topological polar surface area (TPSA) is 51.0 Å². The van der Waals surface area contributed by atoms with Crippen molar-refractivity contribution >= 4 is 5.91 Å². The molecule has 0 unspecified atom stereocenters. The molecular formula is C29H30N4O. The first-order chi connectivity index (χ1) is 16.6. The Labute approximate surface area is 201 Å². The average Bonchev–Trinajstić information content (AvgIpc) is 3.22. The van der Waals surface area contributed by atoms with Gasteiger partial charge in [0, 0.05) is 48.1 Å². The lowest BCUT2D eigenvalue weighted by Crippen LogP contribution is -2.38. The van der Waals surface area contributed by atoms with Gasteiger partial charge in [0.25, 0.3) is 5.91 Å². The lowest BCUT2D eigenvalue weighted by atomic mass is 9.92. The van der Waals surface area contributed by atoms with Crippen LogP contribution in [0.5, 0.6) is 0 Å². The quantitative estimate of drug-likeness (QED) is 0.404. The van der Waals surface area contributed by atoms with Gasteiger partial charge in [0.2, 0.25) is 0 Å². The first-order valence-corrected chi connectivity index (χ1v) is 12.0. The Bertz CT molecular complexity index is 1290. The first-order valence-electron chi connectivity index (χ1n) is 12.0. The van der Waals surface area contributed by atoms with Crippen molar-refractivity contribution in [1.82, 2.24) is 19.7 Å². The molecule has 5 nitrogen and oxygen atoms in total. The molecule has 0 N–H and O–H groups in total. The minimum atomic E-state index is 0.0904. The van der Waals surface area contributed by atoms with Crippen LogP contribution in [0.1, 0.15) is 57.5 Å². The number of likely N-dealkylation sites (tertiary alicyclic amines) is 1. The minimum Gasteiger partial charge on any atom is -0.339 e. The van der Waals surface area contributed by atoms with Crippen LogP contribution < -0.4 is 0 Å². The maximum atomic E-state index is 13.3. The van der Waals surface area contributed by atoms with Crippen LogP contribution in [-0.4, -0.2) is 38.7 Å². The van der Waals surface area contributed by atoms with Crippen molar-refractivity contribution in [3.05, 3.63) is 113 Å². The number of carbonyl (C=O) groups excluding carboxylic acids is 1. The Kier molecular flexibility index (Phi) is 6.26. The van der Waals surface area contributed by atoms with Crippen molar-refractivity contribution in [1.29, 1.82) is 0 Å². The van der Waals surface area contributed by atoms with Gasteiger partial charge in [-0.2, -0.15) is 5.10 Å². The molecule has 0 saturated carbocycles. The normalized spacial score (nSPS) is 14.4. The monoisotopic (exact) mass is 450 g/mol. The van der Waals surface area contributed by atoms with E-state index < -0.39 is 0 Å². The highest BCUT2D eigenvalue weighted by molar-refractivity contribution is 5.94. The predicted molar refractivity (Wildman–Crippen MR) is 134 cm³/mol. The Balaban J connectivity index is 1.24. The Hall–Kier alpha value is -3.73. The van der Waals surface area contributed by atoms with E-state index in [1.165, 1.54) is 5.56 Å². The number of benzene rings is 2. The van der Waals surface area contributed by atoms with Gasteiger partial charge in [0.05, 0.1) is 11.4 Å². The van der Waals surface area contributed by atoms with E-state index in [1.54, 1.807) is 0 Å². The van der Waals surface area contributed by atoms with Gasteiger partial charge in [-0.15, -0.1) is 0 Å². The lowest BCUT2D eigenvalue weighted by Gasteiger charge is -2.32. The van der Waals surface area contributed by atoms with Crippen molar-refractivity contribution in [3.63, 3.8) is 0 Å². The Morgan fingerprint density at radius 2 is 1.68 bits per heavy atom. The Morgan fingerprint density at radius 1 is 0.912 bits per heavy atom. The van der Waals surface area contributed by atoms with E-state index in [4.69, 9.17) is 4.98 Å². The van der Waals surface area contributed by atoms with Gasteiger partial charge in [-0.05, 0) is 68.7 Å². The molecule has 0 spiro atoms. The fraction of sp³-hybridized carbons (Fsp3) is 0.276. The number of hydrogen-bond donors (Lipinski definition) is 0. The van der Waals surface area contributed by atoms with Crippen molar-refractivity contribution in [3.8, 4) is 5.69 Å². The number of amides is 1. The molecule has 1 amide bonds. The average molecular weight is 451 g/mol. The predicted octanol–water partition coefficient (Wildman–Crippen LogP) is 5.49. The van der Waals surface area contributed by atoms with Crippen molar-refractivity contribution in [2.75, 3.05) is 13.1 Å². The number of nitrogens with zero attached hydrogens (tertiary/aromatic N) is 4. The highest BCUT2D eigenvalue weighted by Gasteiger charge is 2.25. The first kappa shape index (κ1) is 22.1. The van der Waals surface area contributed by atoms with E-state index in [-0.39, 0.29) is 5.91 Å². The molecular weight excluding hydrogens is 420 g/mol. The molecule has 4 aromatic rings. The van der Waals surface area contributed by atoms with Crippen molar-refractivity contribution in [2.24, 2.45) is 0 Å². The molecule has 172 valence electrons. The van der Waals surface area contributed by atoms with E-state index in [2.05, 4.69) is 47.6 Å². The molecule has 1 aliphatic rings. The van der Waals surface area contributed by atoms with Crippen LogP contribution in [0.25, 0.3) is 5.69 Å². The Morgan fingerprint density at radius 3 is 2.41 bits per heavy atom. The van der Waals surface area contributed by atoms with Gasteiger partial charge in [0.1, 0.15) is 0 Å². The number of pyridine rings is 1. The summed E-state index contributed by atoms with van der Waals surface area (Å²) in [7, 11) is 0. The fourth-order valence-corrected chi connectivity index (χ4v) is 4.85. The largest absolute Gasteiger partial charge is 0.339 e. The maximum Gasteiger partial charge on any atom is 0.253 e. The van der Waals surface area contributed by atoms with E-state index in [9.17, 15) is 4.79 Å². The number of rotatable bonds is 5. The van der Waals surface area contributed by atoms with Gasteiger partial charge in [0.15, 0.2) is 0 Å². The molecule has 1 saturated heterocycles. The standard InChI is InChI=1S/C29H30N4O/c1-21-18-22(2)33(31-21)27-12-6-10-25(20-27)29(34)32-16-14-24(15-17-32)28-13-7-11-26(30-28)19-23-8-4-3-5-9-23/h3-13,18,20,24H,14-17,19H2,1-2H3. The molecule has 2 aromatic carbocycles. The lowest BCUT2D eigenvalue weighted by molar-refractivity contribution is 0.0712. The summed E-state index contributed by atoms with van der Waals surface area (Å²) in [6.45, 7) is 5.51. The maximum absolute atomic E-state index is 13.3. The zero-order chi connectivity index (χ0) is 23.5. The summed E-state index contributed by atoms with van der Waals surface area (Å²) in [5.74, 6) is 0.480. The molecule has 5 rings (SSSR count). The second kappa shape index (κ2) is 9.64. The molecule has 3 heterocycles. The second-order valence-corrected chi connectivity index (χ2v) is 9.17. The van der Waals surface area contributed by atoms with E-state index in [0.717, 1.165) is 60.8 Å². The van der Waals surface area contributed by atoms with Crippen molar-refractivity contribution in [2.45, 2.75) is 39.0 Å². The molecule has 0 radical (unpaired) electrons.